The van der Waals surface area contributed by atoms with Gasteiger partial charge in [0, 0.05) is 12.1 Å². The van der Waals surface area contributed by atoms with E-state index >= 15 is 0 Å². The van der Waals surface area contributed by atoms with Gasteiger partial charge in [0.25, 0.3) is 0 Å². The molecule has 1 aromatic heterocycles. The molecule has 4 N–H and O–H groups in total. The van der Waals surface area contributed by atoms with E-state index in [0.29, 0.717) is 5.41 Å². The van der Waals surface area contributed by atoms with Gasteiger partial charge < -0.3 is 10.7 Å². The Balaban J connectivity index is 2.07. The van der Waals surface area contributed by atoms with E-state index in [2.05, 4.69) is 34.6 Å². The molecule has 1 fully saturated rings. The van der Waals surface area contributed by atoms with Crippen molar-refractivity contribution in [1.29, 1.82) is 0 Å². The van der Waals surface area contributed by atoms with Crippen LogP contribution in [0.5, 0.6) is 0 Å². The molecule has 5 nitrogen and oxygen atoms in total. The highest BCUT2D eigenvalue weighted by molar-refractivity contribution is 5.57. The average Bonchev–Trinajstić information content (AvgIpc) is 3.18. The summed E-state index contributed by atoms with van der Waals surface area (Å²) in [5.41, 5.74) is 4.28. The van der Waals surface area contributed by atoms with E-state index in [0.717, 1.165) is 36.6 Å². The number of nitrogen functional groups attached to an aromatic ring is 1. The first kappa shape index (κ1) is 14.1. The Hall–Kier alpha value is -1.36. The number of rotatable bonds is 8. The minimum absolute atomic E-state index is 0.513. The molecular weight excluding hydrogens is 238 g/mol. The van der Waals surface area contributed by atoms with Gasteiger partial charge in [-0.1, -0.05) is 26.7 Å². The van der Waals surface area contributed by atoms with Gasteiger partial charge in [0.15, 0.2) is 0 Å². The number of nitrogens with two attached hydrogens (primary N) is 1. The van der Waals surface area contributed by atoms with Crippen molar-refractivity contribution in [2.45, 2.75) is 52.4 Å². The van der Waals surface area contributed by atoms with E-state index in [9.17, 15) is 0 Å². The third kappa shape index (κ3) is 3.35. The van der Waals surface area contributed by atoms with Crippen molar-refractivity contribution < 1.29 is 0 Å². The van der Waals surface area contributed by atoms with Crippen LogP contribution in [0.25, 0.3) is 0 Å². The van der Waals surface area contributed by atoms with Crippen molar-refractivity contribution in [1.82, 2.24) is 9.97 Å². The van der Waals surface area contributed by atoms with Gasteiger partial charge in [-0.15, -0.1) is 0 Å². The summed E-state index contributed by atoms with van der Waals surface area (Å²) in [5, 5.41) is 3.51. The summed E-state index contributed by atoms with van der Waals surface area (Å²) in [4.78, 5) is 8.56. The van der Waals surface area contributed by atoms with Crippen molar-refractivity contribution in [3.63, 3.8) is 0 Å². The molecule has 1 saturated carbocycles. The second kappa shape index (κ2) is 6.19. The van der Waals surface area contributed by atoms with Gasteiger partial charge in [-0.05, 0) is 31.1 Å². The van der Waals surface area contributed by atoms with Crippen LogP contribution in [0.3, 0.4) is 0 Å². The van der Waals surface area contributed by atoms with E-state index in [-0.39, 0.29) is 0 Å². The molecule has 2 rings (SSSR count). The lowest BCUT2D eigenvalue weighted by molar-refractivity contribution is 0.485. The minimum atomic E-state index is 0.513. The number of aromatic nitrogens is 2. The smallest absolute Gasteiger partial charge is 0.148 e. The molecule has 0 unspecified atom stereocenters. The lowest BCUT2D eigenvalue weighted by Gasteiger charge is -2.18. The highest BCUT2D eigenvalue weighted by Crippen LogP contribution is 2.49. The summed E-state index contributed by atoms with van der Waals surface area (Å²) >= 11 is 0. The molecule has 1 aliphatic rings. The Kier molecular flexibility index (Phi) is 4.58. The Labute approximate surface area is 115 Å². The van der Waals surface area contributed by atoms with Crippen LogP contribution >= 0.6 is 0 Å². The van der Waals surface area contributed by atoms with Crippen molar-refractivity contribution in [3.8, 4) is 0 Å². The number of anilines is 2. The fourth-order valence-electron chi connectivity index (χ4n) is 2.67. The largest absolute Gasteiger partial charge is 0.369 e. The molecule has 0 amide bonds. The van der Waals surface area contributed by atoms with Crippen molar-refractivity contribution >= 4 is 11.6 Å². The quantitative estimate of drug-likeness (QED) is 0.496. The monoisotopic (exact) mass is 263 g/mol. The van der Waals surface area contributed by atoms with Crippen molar-refractivity contribution in [2.24, 2.45) is 11.3 Å². The molecule has 1 aliphatic carbocycles. The molecule has 0 atom stereocenters. The topological polar surface area (TPSA) is 75.9 Å². The number of hydrogen-bond donors (Lipinski definition) is 3. The van der Waals surface area contributed by atoms with Crippen LogP contribution in [-0.2, 0) is 6.42 Å². The van der Waals surface area contributed by atoms with Crippen LogP contribution in [-0.4, -0.2) is 16.5 Å². The maximum atomic E-state index is 5.52. The van der Waals surface area contributed by atoms with Crippen LogP contribution in [0.4, 0.5) is 11.6 Å². The van der Waals surface area contributed by atoms with Crippen molar-refractivity contribution in [2.75, 3.05) is 17.3 Å². The third-order valence-electron chi connectivity index (χ3n) is 3.95. The lowest BCUT2D eigenvalue weighted by atomic mass is 10.0. The molecule has 0 spiro atoms. The average molecular weight is 263 g/mol. The summed E-state index contributed by atoms with van der Waals surface area (Å²) in [6, 6.07) is 0. The Morgan fingerprint density at radius 1 is 1.21 bits per heavy atom. The number of nitrogens with zero attached hydrogens (tertiary/aromatic N) is 2. The van der Waals surface area contributed by atoms with E-state index < -0.39 is 0 Å². The highest BCUT2D eigenvalue weighted by Gasteiger charge is 2.41. The molecule has 0 aliphatic heterocycles. The van der Waals surface area contributed by atoms with E-state index in [1.807, 2.05) is 0 Å². The first-order valence-electron chi connectivity index (χ1n) is 7.29. The molecule has 1 aromatic rings. The summed E-state index contributed by atoms with van der Waals surface area (Å²) in [6.45, 7) is 5.42. The maximum Gasteiger partial charge on any atom is 0.148 e. The van der Waals surface area contributed by atoms with E-state index in [4.69, 9.17) is 5.84 Å². The zero-order valence-electron chi connectivity index (χ0n) is 12.0. The van der Waals surface area contributed by atoms with Crippen molar-refractivity contribution in [3.05, 3.63) is 11.9 Å². The van der Waals surface area contributed by atoms with E-state index in [1.165, 1.54) is 25.7 Å². The molecule has 1 heterocycles. The third-order valence-corrected chi connectivity index (χ3v) is 3.95. The summed E-state index contributed by atoms with van der Waals surface area (Å²) in [6.07, 6.45) is 8.78. The number of hydrazine groups is 1. The summed E-state index contributed by atoms with van der Waals surface area (Å²) < 4.78 is 0. The van der Waals surface area contributed by atoms with Crippen LogP contribution in [0.1, 0.15) is 51.5 Å². The molecule has 0 saturated heterocycles. The summed E-state index contributed by atoms with van der Waals surface area (Å²) in [7, 11) is 0. The van der Waals surface area contributed by atoms with Crippen LogP contribution < -0.4 is 16.6 Å². The number of hydrogen-bond acceptors (Lipinski definition) is 5. The van der Waals surface area contributed by atoms with Crippen LogP contribution in [0, 0.1) is 5.41 Å². The van der Waals surface area contributed by atoms with Gasteiger partial charge in [-0.25, -0.2) is 15.8 Å². The van der Waals surface area contributed by atoms with Crippen LogP contribution in [0.2, 0.25) is 0 Å². The normalized spacial score (nSPS) is 16.2. The highest BCUT2D eigenvalue weighted by atomic mass is 15.3. The standard InChI is InChI=1S/C14H25N5/c1-3-5-11-12(17-10-18-13(11)19-15)16-9-14(6-4-2)7-8-14/h10H,3-9,15H2,1-2H3,(H2,16,17,18,19). The SMILES string of the molecule is CCCc1c(NN)ncnc1NCC1(CCC)CC1. The molecular formula is C14H25N5. The minimum Gasteiger partial charge on any atom is -0.369 e. The zero-order chi connectivity index (χ0) is 13.7. The molecule has 0 radical (unpaired) electrons. The molecule has 0 aromatic carbocycles. The van der Waals surface area contributed by atoms with Gasteiger partial charge in [0.2, 0.25) is 0 Å². The second-order valence-electron chi connectivity index (χ2n) is 5.55. The Morgan fingerprint density at radius 2 is 1.95 bits per heavy atom. The molecule has 19 heavy (non-hydrogen) atoms. The Bertz CT molecular complexity index is 414. The van der Waals surface area contributed by atoms with E-state index in [1.54, 1.807) is 6.33 Å². The Morgan fingerprint density at radius 3 is 2.53 bits per heavy atom. The zero-order valence-corrected chi connectivity index (χ0v) is 12.0. The van der Waals surface area contributed by atoms with Crippen LogP contribution in [0.15, 0.2) is 6.33 Å². The summed E-state index contributed by atoms with van der Waals surface area (Å²) in [5.74, 6) is 7.20. The predicted molar refractivity (Wildman–Crippen MR) is 78.9 cm³/mol. The van der Waals surface area contributed by atoms with Gasteiger partial charge in [0.05, 0.1) is 0 Å². The van der Waals surface area contributed by atoms with Gasteiger partial charge in [-0.2, -0.15) is 0 Å². The first-order chi connectivity index (χ1) is 9.24. The first-order valence-corrected chi connectivity index (χ1v) is 7.29. The predicted octanol–water partition coefficient (Wildman–Crippen LogP) is 2.71. The fraction of sp³-hybridized carbons (Fsp3) is 0.714. The molecule has 0 bridgehead atoms. The lowest BCUT2D eigenvalue weighted by Crippen LogP contribution is -2.19. The maximum absolute atomic E-state index is 5.52. The fourth-order valence-corrected chi connectivity index (χ4v) is 2.67. The second-order valence-corrected chi connectivity index (χ2v) is 5.55. The molecule has 106 valence electrons. The molecule has 5 heteroatoms. The number of nitrogens with one attached hydrogen (secondary N) is 2. The van der Waals surface area contributed by atoms with Gasteiger partial charge in [-0.3, -0.25) is 0 Å². The van der Waals surface area contributed by atoms with Gasteiger partial charge in [0.1, 0.15) is 18.0 Å². The van der Waals surface area contributed by atoms with Gasteiger partial charge >= 0.3 is 0 Å².